The summed E-state index contributed by atoms with van der Waals surface area (Å²) in [7, 11) is 0. The Labute approximate surface area is 168 Å². The maximum atomic E-state index is 12.8. The minimum Gasteiger partial charge on any atom is -0.356 e. The summed E-state index contributed by atoms with van der Waals surface area (Å²) >= 11 is 0. The van der Waals surface area contributed by atoms with Crippen LogP contribution in [-0.4, -0.2) is 39.3 Å². The normalized spacial score (nSPS) is 14.9. The Kier molecular flexibility index (Phi) is 5.29. The predicted octanol–water partition coefficient (Wildman–Crippen LogP) is 3.32. The average molecular weight is 392 g/mol. The molecule has 1 aliphatic rings. The Morgan fingerprint density at radius 1 is 1.21 bits per heavy atom. The predicted molar refractivity (Wildman–Crippen MR) is 109 cm³/mol. The van der Waals surface area contributed by atoms with E-state index >= 15 is 0 Å². The third kappa shape index (κ3) is 3.99. The van der Waals surface area contributed by atoms with Crippen molar-refractivity contribution in [3.8, 4) is 11.3 Å². The maximum Gasteiger partial charge on any atom is 0.264 e. The highest BCUT2D eigenvalue weighted by Gasteiger charge is 2.28. The van der Waals surface area contributed by atoms with Crippen molar-refractivity contribution in [1.29, 1.82) is 0 Å². The Balaban J connectivity index is 1.50. The first-order chi connectivity index (χ1) is 14.0. The van der Waals surface area contributed by atoms with E-state index in [4.69, 9.17) is 4.52 Å². The molecule has 150 valence electrons. The van der Waals surface area contributed by atoms with Crippen LogP contribution >= 0.6 is 0 Å². The first-order valence-corrected chi connectivity index (χ1v) is 9.96. The molecule has 0 unspecified atom stereocenters. The van der Waals surface area contributed by atoms with E-state index in [2.05, 4.69) is 22.3 Å². The number of aromatic nitrogens is 3. The molecule has 0 atom stereocenters. The molecule has 1 fully saturated rings. The van der Waals surface area contributed by atoms with Gasteiger partial charge >= 0.3 is 0 Å². The first-order valence-electron chi connectivity index (χ1n) is 9.96. The van der Waals surface area contributed by atoms with Crippen LogP contribution in [0.3, 0.4) is 0 Å². The minimum absolute atomic E-state index is 0.0617. The number of benzene rings is 1. The van der Waals surface area contributed by atoms with Gasteiger partial charge in [0.05, 0.1) is 11.4 Å². The van der Waals surface area contributed by atoms with Crippen molar-refractivity contribution >= 4 is 5.91 Å². The van der Waals surface area contributed by atoms with Gasteiger partial charge in [-0.25, -0.2) is 5.10 Å². The number of rotatable bonds is 4. The summed E-state index contributed by atoms with van der Waals surface area (Å²) in [5, 5.41) is 10.8. The van der Waals surface area contributed by atoms with Gasteiger partial charge in [0.1, 0.15) is 0 Å². The standard InChI is InChI=1S/C22H24N4O3/c1-3-15-4-6-17(7-5-15)22(28)26-10-8-16(9-11-26)21-18(13-20(27)23-24-21)19-12-14(2)25-29-19/h4-7,12-13,16H,3,8-11H2,1-2H3,(H,23,27). The van der Waals surface area contributed by atoms with Crippen LogP contribution in [0.4, 0.5) is 0 Å². The van der Waals surface area contributed by atoms with Crippen molar-refractivity contribution in [1.82, 2.24) is 20.3 Å². The number of amides is 1. The van der Waals surface area contributed by atoms with Gasteiger partial charge in [-0.1, -0.05) is 24.2 Å². The van der Waals surface area contributed by atoms with Gasteiger partial charge in [0.15, 0.2) is 5.76 Å². The van der Waals surface area contributed by atoms with E-state index in [1.54, 1.807) is 6.07 Å². The zero-order valence-corrected chi connectivity index (χ0v) is 16.6. The highest BCUT2D eigenvalue weighted by Crippen LogP contribution is 2.33. The highest BCUT2D eigenvalue weighted by atomic mass is 16.5. The summed E-state index contributed by atoms with van der Waals surface area (Å²) in [6, 6.07) is 11.1. The molecule has 3 aromatic rings. The second-order valence-electron chi connectivity index (χ2n) is 7.48. The fraction of sp³-hybridized carbons (Fsp3) is 0.364. The first kappa shape index (κ1) is 19.1. The van der Waals surface area contributed by atoms with Crippen LogP contribution in [0.15, 0.2) is 45.7 Å². The van der Waals surface area contributed by atoms with Crippen LogP contribution in [0, 0.1) is 6.92 Å². The topological polar surface area (TPSA) is 92.1 Å². The number of piperidine rings is 1. The second kappa shape index (κ2) is 8.03. The molecule has 0 saturated carbocycles. The monoisotopic (exact) mass is 392 g/mol. The molecule has 1 amide bonds. The van der Waals surface area contributed by atoms with Gasteiger partial charge in [-0.2, -0.15) is 5.10 Å². The summed E-state index contributed by atoms with van der Waals surface area (Å²) in [6.45, 7) is 5.23. The Hall–Kier alpha value is -3.22. The van der Waals surface area contributed by atoms with Crippen molar-refractivity contribution < 1.29 is 9.32 Å². The SMILES string of the molecule is CCc1ccc(C(=O)N2CCC(c3n[nH]c(=O)cc3-c3cc(C)no3)CC2)cc1. The van der Waals surface area contributed by atoms with Crippen LogP contribution < -0.4 is 5.56 Å². The molecular formula is C22H24N4O3. The zero-order chi connectivity index (χ0) is 20.4. The second-order valence-corrected chi connectivity index (χ2v) is 7.48. The molecule has 1 N–H and O–H groups in total. The van der Waals surface area contributed by atoms with Gasteiger partial charge in [0.2, 0.25) is 0 Å². The van der Waals surface area contributed by atoms with E-state index in [-0.39, 0.29) is 17.4 Å². The third-order valence-corrected chi connectivity index (χ3v) is 5.51. The Morgan fingerprint density at radius 3 is 2.55 bits per heavy atom. The molecule has 4 rings (SSSR count). The summed E-state index contributed by atoms with van der Waals surface area (Å²) in [5.41, 5.74) is 3.89. The number of H-pyrrole nitrogens is 1. The number of carbonyl (C=O) groups excluding carboxylic acids is 1. The smallest absolute Gasteiger partial charge is 0.264 e. The van der Waals surface area contributed by atoms with Gasteiger partial charge < -0.3 is 9.42 Å². The van der Waals surface area contributed by atoms with E-state index in [1.165, 1.54) is 11.6 Å². The fourth-order valence-corrected chi connectivity index (χ4v) is 3.83. The van der Waals surface area contributed by atoms with E-state index in [9.17, 15) is 9.59 Å². The van der Waals surface area contributed by atoms with Crippen molar-refractivity contribution in [3.05, 3.63) is 69.3 Å². The number of aromatic amines is 1. The van der Waals surface area contributed by atoms with Crippen molar-refractivity contribution in [2.24, 2.45) is 0 Å². The molecule has 0 radical (unpaired) electrons. The molecule has 2 aromatic heterocycles. The summed E-state index contributed by atoms with van der Waals surface area (Å²) in [6.07, 6.45) is 2.51. The molecular weight excluding hydrogens is 368 g/mol. The van der Waals surface area contributed by atoms with Crippen LogP contribution in [0.25, 0.3) is 11.3 Å². The number of nitrogens with one attached hydrogen (secondary N) is 1. The fourth-order valence-electron chi connectivity index (χ4n) is 3.83. The van der Waals surface area contributed by atoms with Crippen molar-refractivity contribution in [3.63, 3.8) is 0 Å². The Bertz CT molecular complexity index is 1060. The lowest BCUT2D eigenvalue weighted by Crippen LogP contribution is -2.38. The largest absolute Gasteiger partial charge is 0.356 e. The quantitative estimate of drug-likeness (QED) is 0.735. The van der Waals surface area contributed by atoms with E-state index in [1.807, 2.05) is 36.1 Å². The van der Waals surface area contributed by atoms with Gasteiger partial charge in [0.25, 0.3) is 11.5 Å². The lowest BCUT2D eigenvalue weighted by molar-refractivity contribution is 0.0712. The lowest BCUT2D eigenvalue weighted by atomic mass is 9.89. The highest BCUT2D eigenvalue weighted by molar-refractivity contribution is 5.94. The van der Waals surface area contributed by atoms with Crippen LogP contribution in [0.1, 0.15) is 53.0 Å². The van der Waals surface area contributed by atoms with Crippen LogP contribution in [0.2, 0.25) is 0 Å². The molecule has 1 saturated heterocycles. The summed E-state index contributed by atoms with van der Waals surface area (Å²) < 4.78 is 5.37. The number of nitrogens with zero attached hydrogens (tertiary/aromatic N) is 3. The van der Waals surface area contributed by atoms with Gasteiger partial charge in [-0.05, 0) is 43.9 Å². The summed E-state index contributed by atoms with van der Waals surface area (Å²) in [4.78, 5) is 26.5. The lowest BCUT2D eigenvalue weighted by Gasteiger charge is -2.32. The van der Waals surface area contributed by atoms with E-state index < -0.39 is 0 Å². The molecule has 7 heteroatoms. The molecule has 0 spiro atoms. The number of hydrogen-bond acceptors (Lipinski definition) is 5. The average Bonchev–Trinajstić information content (AvgIpc) is 3.19. The van der Waals surface area contributed by atoms with Crippen LogP contribution in [0.5, 0.6) is 0 Å². The molecule has 29 heavy (non-hydrogen) atoms. The molecule has 0 aliphatic carbocycles. The van der Waals surface area contributed by atoms with Gasteiger partial charge in [0, 0.05) is 42.3 Å². The maximum absolute atomic E-state index is 12.8. The molecule has 0 bridgehead atoms. The van der Waals surface area contributed by atoms with Crippen molar-refractivity contribution in [2.45, 2.75) is 39.0 Å². The zero-order valence-electron chi connectivity index (χ0n) is 16.6. The molecule has 3 heterocycles. The number of hydrogen-bond donors (Lipinski definition) is 1. The third-order valence-electron chi connectivity index (χ3n) is 5.51. The number of aryl methyl sites for hydroxylation is 2. The number of likely N-dealkylation sites (tertiary alicyclic amines) is 1. The van der Waals surface area contributed by atoms with E-state index in [0.29, 0.717) is 24.4 Å². The van der Waals surface area contributed by atoms with Gasteiger partial charge in [-0.3, -0.25) is 9.59 Å². The van der Waals surface area contributed by atoms with E-state index in [0.717, 1.165) is 36.2 Å². The molecule has 1 aromatic carbocycles. The van der Waals surface area contributed by atoms with Crippen molar-refractivity contribution in [2.75, 3.05) is 13.1 Å². The number of carbonyl (C=O) groups is 1. The molecule has 1 aliphatic heterocycles. The van der Waals surface area contributed by atoms with Crippen LogP contribution in [-0.2, 0) is 6.42 Å². The Morgan fingerprint density at radius 2 is 1.93 bits per heavy atom. The molecule has 7 nitrogen and oxygen atoms in total. The minimum atomic E-state index is -0.277. The van der Waals surface area contributed by atoms with Gasteiger partial charge in [-0.15, -0.1) is 0 Å². The summed E-state index contributed by atoms with van der Waals surface area (Å²) in [5.74, 6) is 0.746.